The molecule has 1 aliphatic carbocycles. The molecular formula is C28H32ClNO4. The van der Waals surface area contributed by atoms with E-state index in [1.807, 2.05) is 30.3 Å². The number of para-hydroxylation sites is 1. The molecule has 2 aliphatic rings. The molecule has 180 valence electrons. The zero-order chi connectivity index (χ0) is 22.8. The minimum Gasteiger partial charge on any atom is -0.457 e. The van der Waals surface area contributed by atoms with Crippen LogP contribution in [0.15, 0.2) is 57.7 Å². The number of hydrogen-bond donors (Lipinski definition) is 0. The maximum atomic E-state index is 13.4. The van der Waals surface area contributed by atoms with Crippen LogP contribution < -0.4 is 5.43 Å². The molecule has 1 aliphatic heterocycles. The third-order valence-electron chi connectivity index (χ3n) is 7.19. The van der Waals surface area contributed by atoms with Crippen molar-refractivity contribution in [3.8, 4) is 11.3 Å². The largest absolute Gasteiger partial charge is 0.457 e. The molecule has 0 N–H and O–H groups in total. The lowest BCUT2D eigenvalue weighted by atomic mass is 9.90. The van der Waals surface area contributed by atoms with Crippen molar-refractivity contribution in [2.24, 2.45) is 0 Å². The van der Waals surface area contributed by atoms with E-state index >= 15 is 0 Å². The molecule has 1 saturated heterocycles. The molecule has 5 nitrogen and oxygen atoms in total. The van der Waals surface area contributed by atoms with Crippen LogP contribution in [0.1, 0.15) is 60.9 Å². The predicted molar refractivity (Wildman–Crippen MR) is 137 cm³/mol. The van der Waals surface area contributed by atoms with Crippen molar-refractivity contribution in [3.05, 3.63) is 69.9 Å². The van der Waals surface area contributed by atoms with Crippen LogP contribution in [0.2, 0.25) is 0 Å². The zero-order valence-corrected chi connectivity index (χ0v) is 20.4. The molecule has 0 bridgehead atoms. The standard InChI is InChI=1S/C28H31NO4.ClH/c1-19-25(30)21-13-10-14-22(27(21)33-26(19)20-11-4-2-5-12-20)28(31)32-24-16-7-6-15-23(24)29-17-8-3-9-18-29;/h2,4-5,10-14,23-24H,3,6-9,15-18H2,1H3;1H. The molecule has 2 unspecified atom stereocenters. The third kappa shape index (κ3) is 4.77. The van der Waals surface area contributed by atoms with Crippen molar-refractivity contribution in [1.29, 1.82) is 0 Å². The van der Waals surface area contributed by atoms with Gasteiger partial charge in [0.25, 0.3) is 0 Å². The van der Waals surface area contributed by atoms with Crippen LogP contribution >= 0.6 is 12.4 Å². The molecule has 2 heterocycles. The fraction of sp³-hybridized carbons (Fsp3) is 0.429. The van der Waals surface area contributed by atoms with Gasteiger partial charge < -0.3 is 9.15 Å². The van der Waals surface area contributed by atoms with Crippen molar-refractivity contribution in [2.75, 3.05) is 13.1 Å². The third-order valence-corrected chi connectivity index (χ3v) is 7.19. The summed E-state index contributed by atoms with van der Waals surface area (Å²) in [4.78, 5) is 29.0. The number of halogens is 1. The Morgan fingerprint density at radius 2 is 1.68 bits per heavy atom. The number of benzene rings is 2. The Balaban J connectivity index is 0.00000274. The monoisotopic (exact) mass is 481 g/mol. The molecule has 6 heteroatoms. The number of piperidine rings is 1. The number of ether oxygens (including phenoxy) is 1. The summed E-state index contributed by atoms with van der Waals surface area (Å²) in [6.45, 7) is 3.94. The van der Waals surface area contributed by atoms with Crippen LogP contribution in [0.5, 0.6) is 0 Å². The van der Waals surface area contributed by atoms with Crippen molar-refractivity contribution in [3.63, 3.8) is 0 Å². The maximum Gasteiger partial charge on any atom is 0.342 e. The van der Waals surface area contributed by atoms with Gasteiger partial charge >= 0.3 is 5.97 Å². The average molecular weight is 482 g/mol. The van der Waals surface area contributed by atoms with E-state index in [1.165, 1.54) is 25.7 Å². The SMILES string of the molecule is Cc1c(-c2ccccc2)oc2c(C(=O)OC3CCCCC3N3CCCCC3)cccc2c1=O.Cl. The molecule has 5 rings (SSSR count). The molecule has 0 radical (unpaired) electrons. The Morgan fingerprint density at radius 3 is 2.44 bits per heavy atom. The van der Waals surface area contributed by atoms with E-state index < -0.39 is 5.97 Å². The van der Waals surface area contributed by atoms with Gasteiger partial charge in [-0.25, -0.2) is 4.79 Å². The maximum absolute atomic E-state index is 13.4. The quantitative estimate of drug-likeness (QED) is 0.418. The summed E-state index contributed by atoms with van der Waals surface area (Å²) >= 11 is 0. The number of carbonyl (C=O) groups is 1. The molecule has 2 aromatic carbocycles. The van der Waals surface area contributed by atoms with Crippen LogP contribution in [-0.4, -0.2) is 36.1 Å². The Hall–Kier alpha value is -2.63. The average Bonchev–Trinajstić information content (AvgIpc) is 2.87. The smallest absolute Gasteiger partial charge is 0.342 e. The first-order chi connectivity index (χ1) is 16.1. The summed E-state index contributed by atoms with van der Waals surface area (Å²) in [5.41, 5.74) is 1.87. The van der Waals surface area contributed by atoms with Crippen LogP contribution in [-0.2, 0) is 4.74 Å². The van der Waals surface area contributed by atoms with Gasteiger partial charge in [-0.05, 0) is 64.3 Å². The van der Waals surface area contributed by atoms with E-state index in [2.05, 4.69) is 4.90 Å². The van der Waals surface area contributed by atoms with Gasteiger partial charge in [0.1, 0.15) is 17.4 Å². The lowest BCUT2D eigenvalue weighted by Gasteiger charge is -2.41. The van der Waals surface area contributed by atoms with Gasteiger partial charge in [-0.2, -0.15) is 0 Å². The minimum absolute atomic E-state index is 0. The molecule has 2 fully saturated rings. The number of likely N-dealkylation sites (tertiary alicyclic amines) is 1. The first-order valence-corrected chi connectivity index (χ1v) is 12.2. The van der Waals surface area contributed by atoms with Crippen molar-refractivity contribution in [1.82, 2.24) is 4.90 Å². The number of hydrogen-bond acceptors (Lipinski definition) is 5. The second-order valence-electron chi connectivity index (χ2n) is 9.33. The highest BCUT2D eigenvalue weighted by molar-refractivity contribution is 6.02. The minimum atomic E-state index is -0.402. The highest BCUT2D eigenvalue weighted by Gasteiger charge is 2.34. The molecule has 0 amide bonds. The normalized spacial score (nSPS) is 21.1. The Labute approximate surface area is 206 Å². The van der Waals surface area contributed by atoms with E-state index in [9.17, 15) is 9.59 Å². The second-order valence-corrected chi connectivity index (χ2v) is 9.33. The molecule has 2 atom stereocenters. The lowest BCUT2D eigenvalue weighted by Crippen LogP contribution is -2.49. The summed E-state index contributed by atoms with van der Waals surface area (Å²) in [6.07, 6.45) is 7.80. The van der Waals surface area contributed by atoms with E-state index in [1.54, 1.807) is 25.1 Å². The van der Waals surface area contributed by atoms with Crippen LogP contribution in [0.25, 0.3) is 22.3 Å². The van der Waals surface area contributed by atoms with Crippen LogP contribution in [0.3, 0.4) is 0 Å². The highest BCUT2D eigenvalue weighted by Crippen LogP contribution is 2.31. The number of fused-ring (bicyclic) bond motifs is 1. The summed E-state index contributed by atoms with van der Waals surface area (Å²) in [6, 6.07) is 15.0. The molecule has 0 spiro atoms. The van der Waals surface area contributed by atoms with Gasteiger partial charge in [0, 0.05) is 17.2 Å². The topological polar surface area (TPSA) is 59.8 Å². The first-order valence-electron chi connectivity index (χ1n) is 12.2. The van der Waals surface area contributed by atoms with Crippen molar-refractivity contribution in [2.45, 2.75) is 64.0 Å². The Kier molecular flexibility index (Phi) is 7.74. The Morgan fingerprint density at radius 1 is 0.941 bits per heavy atom. The molecule has 1 saturated carbocycles. The molecule has 34 heavy (non-hydrogen) atoms. The second kappa shape index (κ2) is 10.7. The lowest BCUT2D eigenvalue weighted by molar-refractivity contribution is -0.0217. The van der Waals surface area contributed by atoms with E-state index in [4.69, 9.17) is 9.15 Å². The van der Waals surface area contributed by atoms with E-state index in [0.29, 0.717) is 27.9 Å². The van der Waals surface area contributed by atoms with Gasteiger partial charge in [-0.1, -0.05) is 49.2 Å². The first kappa shape index (κ1) is 24.5. The fourth-order valence-corrected chi connectivity index (χ4v) is 5.42. The summed E-state index contributed by atoms with van der Waals surface area (Å²) < 4.78 is 12.4. The molecule has 3 aromatic rings. The predicted octanol–water partition coefficient (Wildman–Crippen LogP) is 6.14. The zero-order valence-electron chi connectivity index (χ0n) is 19.6. The molecular weight excluding hydrogens is 450 g/mol. The number of rotatable bonds is 4. The van der Waals surface area contributed by atoms with Crippen LogP contribution in [0.4, 0.5) is 0 Å². The highest BCUT2D eigenvalue weighted by atomic mass is 35.5. The van der Waals surface area contributed by atoms with Gasteiger partial charge in [0.05, 0.1) is 5.39 Å². The number of nitrogens with zero attached hydrogens (tertiary/aromatic N) is 1. The van der Waals surface area contributed by atoms with Gasteiger partial charge in [-0.3, -0.25) is 9.69 Å². The Bertz CT molecular complexity index is 1200. The van der Waals surface area contributed by atoms with E-state index in [-0.39, 0.29) is 30.0 Å². The van der Waals surface area contributed by atoms with Crippen molar-refractivity contribution < 1.29 is 13.9 Å². The number of esters is 1. The van der Waals surface area contributed by atoms with Gasteiger partial charge in [0.2, 0.25) is 0 Å². The summed E-state index contributed by atoms with van der Waals surface area (Å²) in [7, 11) is 0. The fourth-order valence-electron chi connectivity index (χ4n) is 5.42. The van der Waals surface area contributed by atoms with E-state index in [0.717, 1.165) is 37.9 Å². The summed E-state index contributed by atoms with van der Waals surface area (Å²) in [5, 5.41) is 0.415. The van der Waals surface area contributed by atoms with Gasteiger partial charge in [0.15, 0.2) is 11.0 Å². The van der Waals surface area contributed by atoms with Gasteiger partial charge in [-0.15, -0.1) is 12.4 Å². The van der Waals surface area contributed by atoms with Crippen molar-refractivity contribution >= 4 is 29.3 Å². The number of carbonyl (C=O) groups excluding carboxylic acids is 1. The van der Waals surface area contributed by atoms with Crippen LogP contribution in [0, 0.1) is 6.92 Å². The molecule has 1 aromatic heterocycles. The summed E-state index contributed by atoms with van der Waals surface area (Å²) in [5.74, 6) is 0.0951.